The number of aliphatic hydroxyl groups is 1. The Kier molecular flexibility index (Phi) is 7.63. The Labute approximate surface area is 190 Å². The molecule has 3 aromatic rings. The molecule has 5 N–H and O–H groups in total. The Morgan fingerprint density at radius 3 is 2.70 bits per heavy atom. The van der Waals surface area contributed by atoms with Crippen LogP contribution in [0.1, 0.15) is 60.5 Å². The second kappa shape index (κ2) is 10.1. The van der Waals surface area contributed by atoms with Gasteiger partial charge in [-0.15, -0.1) is 0 Å². The van der Waals surface area contributed by atoms with Crippen molar-refractivity contribution in [2.75, 3.05) is 19.6 Å². The fraction of sp³-hybridized carbons (Fsp3) is 0.522. The second-order valence-electron chi connectivity index (χ2n) is 8.72. The van der Waals surface area contributed by atoms with Crippen molar-refractivity contribution in [3.63, 3.8) is 0 Å². The van der Waals surface area contributed by atoms with Crippen LogP contribution in [0.15, 0.2) is 27.5 Å². The highest BCUT2D eigenvalue weighted by Crippen LogP contribution is 2.32. The molecule has 2 aliphatic rings. The minimum atomic E-state index is -0.641. The van der Waals surface area contributed by atoms with Crippen molar-refractivity contribution < 1.29 is 25.0 Å². The van der Waals surface area contributed by atoms with Crippen molar-refractivity contribution >= 4 is 11.0 Å². The highest BCUT2D eigenvalue weighted by Gasteiger charge is 2.26. The van der Waals surface area contributed by atoms with Crippen LogP contribution in [0.4, 0.5) is 4.39 Å². The highest BCUT2D eigenvalue weighted by atomic mass is 19.1. The first-order valence-corrected chi connectivity index (χ1v) is 11.1. The number of aromatic nitrogens is 3. The van der Waals surface area contributed by atoms with Gasteiger partial charge in [0, 0.05) is 41.7 Å². The number of aryl methyl sites for hydroxylation is 1. The van der Waals surface area contributed by atoms with Gasteiger partial charge in [-0.3, -0.25) is 9.36 Å². The average molecular weight is 463 g/mol. The van der Waals surface area contributed by atoms with Crippen molar-refractivity contribution in [1.29, 1.82) is 0 Å². The Morgan fingerprint density at radius 2 is 1.94 bits per heavy atom. The number of piperidine rings is 1. The molecule has 0 aliphatic carbocycles. The largest absolute Gasteiger partial charge is 0.412 e. The Balaban J connectivity index is 0.00000153. The van der Waals surface area contributed by atoms with Gasteiger partial charge in [-0.05, 0) is 64.3 Å². The molecule has 1 atom stereocenters. The van der Waals surface area contributed by atoms with Crippen LogP contribution in [0.2, 0.25) is 0 Å². The molecule has 4 heterocycles. The van der Waals surface area contributed by atoms with Crippen LogP contribution in [0, 0.1) is 12.7 Å². The van der Waals surface area contributed by atoms with Gasteiger partial charge in [0.1, 0.15) is 17.7 Å². The van der Waals surface area contributed by atoms with E-state index in [1.165, 1.54) is 12.1 Å². The van der Waals surface area contributed by atoms with Crippen molar-refractivity contribution in [2.24, 2.45) is 0 Å². The summed E-state index contributed by atoms with van der Waals surface area (Å²) in [5.41, 5.74) is 2.90. The predicted octanol–water partition coefficient (Wildman–Crippen LogP) is 1.43. The molecular formula is C23H31FN4O5. The number of fused-ring (bicyclic) bond motifs is 2. The number of hydrogen-bond donors (Lipinski definition) is 1. The van der Waals surface area contributed by atoms with E-state index in [9.17, 15) is 14.3 Å². The van der Waals surface area contributed by atoms with Gasteiger partial charge in [0.2, 0.25) is 0 Å². The van der Waals surface area contributed by atoms with Crippen molar-refractivity contribution in [2.45, 2.75) is 57.6 Å². The van der Waals surface area contributed by atoms with Gasteiger partial charge in [0.05, 0.1) is 5.69 Å². The van der Waals surface area contributed by atoms with Gasteiger partial charge < -0.3 is 25.5 Å². The maximum atomic E-state index is 13.4. The zero-order valence-corrected chi connectivity index (χ0v) is 18.7. The van der Waals surface area contributed by atoms with E-state index in [4.69, 9.17) is 4.52 Å². The van der Waals surface area contributed by atoms with Crippen LogP contribution < -0.4 is 5.56 Å². The molecule has 0 spiro atoms. The number of halogens is 1. The lowest BCUT2D eigenvalue weighted by Crippen LogP contribution is -2.37. The first kappa shape index (κ1) is 25.0. The molecule has 0 radical (unpaired) electrons. The smallest absolute Gasteiger partial charge is 0.257 e. The number of hydrogen-bond acceptors (Lipinski definition) is 6. The summed E-state index contributed by atoms with van der Waals surface area (Å²) in [6.45, 7) is 5.13. The molecule has 2 aromatic heterocycles. The summed E-state index contributed by atoms with van der Waals surface area (Å²) in [5.74, 6) is 0.489. The van der Waals surface area contributed by atoms with Gasteiger partial charge in [-0.2, -0.15) is 0 Å². The standard InChI is InChI=1S/C23H27FN4O3.2H2O/c1-14-17(23(30)28-9-2-3-19(29)22(28)25-14)8-12-27-10-6-15(7-11-27)21-18-5-4-16(24)13-20(18)31-26-21;;/h4-5,13,15,19,29H,2-3,6-12H2,1H3;2*1H2. The van der Waals surface area contributed by atoms with Crippen LogP contribution >= 0.6 is 0 Å². The second-order valence-corrected chi connectivity index (χ2v) is 8.72. The maximum absolute atomic E-state index is 13.4. The van der Waals surface area contributed by atoms with Crippen molar-refractivity contribution in [1.82, 2.24) is 19.6 Å². The minimum Gasteiger partial charge on any atom is -0.412 e. The topological polar surface area (TPSA) is 147 Å². The van der Waals surface area contributed by atoms with Crippen molar-refractivity contribution in [3.8, 4) is 0 Å². The lowest BCUT2D eigenvalue weighted by Gasteiger charge is -2.31. The summed E-state index contributed by atoms with van der Waals surface area (Å²) < 4.78 is 20.4. The van der Waals surface area contributed by atoms with Gasteiger partial charge in [-0.1, -0.05) is 5.16 Å². The van der Waals surface area contributed by atoms with Gasteiger partial charge >= 0.3 is 0 Å². The van der Waals surface area contributed by atoms with E-state index >= 15 is 0 Å². The van der Waals surface area contributed by atoms with Gasteiger partial charge in [0.15, 0.2) is 5.58 Å². The molecule has 33 heavy (non-hydrogen) atoms. The van der Waals surface area contributed by atoms with Gasteiger partial charge in [-0.25, -0.2) is 9.37 Å². The van der Waals surface area contributed by atoms with E-state index < -0.39 is 6.10 Å². The number of likely N-dealkylation sites (tertiary alicyclic amines) is 1. The lowest BCUT2D eigenvalue weighted by atomic mass is 9.91. The van der Waals surface area contributed by atoms with Crippen LogP contribution in [0.25, 0.3) is 11.0 Å². The molecule has 10 heteroatoms. The fourth-order valence-corrected chi connectivity index (χ4v) is 4.98. The van der Waals surface area contributed by atoms with Crippen LogP contribution in [-0.2, 0) is 13.0 Å². The SMILES string of the molecule is Cc1nc2n(c(=O)c1CCN1CCC(c3noc4cc(F)ccc34)CC1)CCCC2O.O.O. The summed E-state index contributed by atoms with van der Waals surface area (Å²) in [5, 5.41) is 15.3. The molecule has 1 unspecified atom stereocenters. The zero-order chi connectivity index (χ0) is 21.5. The first-order valence-electron chi connectivity index (χ1n) is 11.1. The van der Waals surface area contributed by atoms with E-state index in [1.54, 1.807) is 10.6 Å². The third-order valence-corrected chi connectivity index (χ3v) is 6.77. The molecular weight excluding hydrogens is 431 g/mol. The summed E-state index contributed by atoms with van der Waals surface area (Å²) in [6.07, 6.45) is 3.38. The summed E-state index contributed by atoms with van der Waals surface area (Å²) in [7, 11) is 0. The Morgan fingerprint density at radius 1 is 1.18 bits per heavy atom. The van der Waals surface area contributed by atoms with Crippen LogP contribution in [0.5, 0.6) is 0 Å². The Hall–Kier alpha value is -2.66. The first-order chi connectivity index (χ1) is 15.0. The molecule has 0 saturated carbocycles. The lowest BCUT2D eigenvalue weighted by molar-refractivity contribution is 0.129. The monoisotopic (exact) mass is 462 g/mol. The van der Waals surface area contributed by atoms with Crippen molar-refractivity contribution in [3.05, 3.63) is 57.1 Å². The molecule has 2 aliphatic heterocycles. The zero-order valence-electron chi connectivity index (χ0n) is 18.7. The molecule has 0 bridgehead atoms. The number of aliphatic hydroxyl groups excluding tert-OH is 1. The maximum Gasteiger partial charge on any atom is 0.257 e. The van der Waals surface area contributed by atoms with Gasteiger partial charge in [0.25, 0.3) is 5.56 Å². The van der Waals surface area contributed by atoms with E-state index in [0.29, 0.717) is 36.7 Å². The van der Waals surface area contributed by atoms with E-state index in [1.807, 2.05) is 6.92 Å². The fourth-order valence-electron chi connectivity index (χ4n) is 4.98. The van der Waals surface area contributed by atoms with E-state index in [-0.39, 0.29) is 22.3 Å². The molecule has 180 valence electrons. The third-order valence-electron chi connectivity index (χ3n) is 6.77. The highest BCUT2D eigenvalue weighted by molar-refractivity contribution is 5.79. The van der Waals surface area contributed by atoms with E-state index in [0.717, 1.165) is 61.2 Å². The number of benzene rings is 1. The van der Waals surface area contributed by atoms with Crippen LogP contribution in [-0.4, -0.2) is 55.3 Å². The molecule has 9 nitrogen and oxygen atoms in total. The predicted molar refractivity (Wildman–Crippen MR) is 121 cm³/mol. The summed E-state index contributed by atoms with van der Waals surface area (Å²) in [4.78, 5) is 19.9. The number of nitrogens with zero attached hydrogens (tertiary/aromatic N) is 4. The normalized spacial score (nSPS) is 19.1. The Bertz CT molecular complexity index is 1170. The molecule has 0 amide bonds. The molecule has 1 saturated heterocycles. The molecule has 5 rings (SSSR count). The summed E-state index contributed by atoms with van der Waals surface area (Å²) in [6, 6.07) is 4.58. The van der Waals surface area contributed by atoms with Crippen LogP contribution in [0.3, 0.4) is 0 Å². The average Bonchev–Trinajstić information content (AvgIpc) is 3.18. The third kappa shape index (κ3) is 4.70. The van der Waals surface area contributed by atoms with E-state index in [2.05, 4.69) is 15.0 Å². The quantitative estimate of drug-likeness (QED) is 0.620. The summed E-state index contributed by atoms with van der Waals surface area (Å²) >= 11 is 0. The number of rotatable bonds is 4. The molecule has 1 aromatic carbocycles. The molecule has 1 fully saturated rings. The minimum absolute atomic E-state index is 0.